The number of rotatable bonds is 5. The van der Waals surface area contributed by atoms with Crippen molar-refractivity contribution < 1.29 is 18.0 Å². The van der Waals surface area contributed by atoms with E-state index in [1.54, 1.807) is 6.07 Å². The zero-order chi connectivity index (χ0) is 19.2. The van der Waals surface area contributed by atoms with Crippen LogP contribution in [0.25, 0.3) is 10.8 Å². The van der Waals surface area contributed by atoms with Crippen LogP contribution in [-0.4, -0.2) is 43.6 Å². The lowest BCUT2D eigenvalue weighted by Crippen LogP contribution is -2.22. The van der Waals surface area contributed by atoms with Gasteiger partial charge in [0.15, 0.2) is 0 Å². The second-order valence-electron chi connectivity index (χ2n) is 6.43. The highest BCUT2D eigenvalue weighted by Crippen LogP contribution is 2.39. The fourth-order valence-electron chi connectivity index (χ4n) is 2.70. The number of amides is 2. The van der Waals surface area contributed by atoms with Gasteiger partial charge in [-0.15, -0.1) is 0 Å². The number of carbonyl (C=O) groups excluding carboxylic acids is 2. The van der Waals surface area contributed by atoms with E-state index in [1.807, 2.05) is 0 Å². The molecule has 1 aliphatic carbocycles. The minimum absolute atomic E-state index is 0.0481. The Hall–Kier alpha value is -2.72. The highest BCUT2D eigenvalue weighted by molar-refractivity contribution is 7.89. The minimum atomic E-state index is -3.65. The molecule has 1 heterocycles. The second kappa shape index (κ2) is 6.22. The predicted octanol–water partition coefficient (Wildman–Crippen LogP) is 0.127. The average Bonchev–Trinajstić information content (AvgIpc) is 3.35. The molecule has 10 heteroatoms. The molecule has 1 aromatic carbocycles. The monoisotopic (exact) mass is 377 g/mol. The van der Waals surface area contributed by atoms with E-state index in [2.05, 4.69) is 10.3 Å². The highest BCUT2D eigenvalue weighted by Gasteiger charge is 2.47. The molecular formula is C16H19N5O4S. The zero-order valence-corrected chi connectivity index (χ0v) is 15.1. The van der Waals surface area contributed by atoms with Crippen molar-refractivity contribution in [3.8, 4) is 0 Å². The second-order valence-corrected chi connectivity index (χ2v) is 8.58. The highest BCUT2D eigenvalue weighted by atomic mass is 32.2. The number of anilines is 2. The molecule has 0 aliphatic heterocycles. The molecule has 26 heavy (non-hydrogen) atoms. The Bertz CT molecular complexity index is 1020. The van der Waals surface area contributed by atoms with Gasteiger partial charge in [-0.1, -0.05) is 0 Å². The summed E-state index contributed by atoms with van der Waals surface area (Å²) in [6.07, 6.45) is 1.89. The molecule has 0 bridgehead atoms. The molecule has 0 unspecified atom stereocenters. The van der Waals surface area contributed by atoms with Gasteiger partial charge in [-0.25, -0.2) is 17.7 Å². The van der Waals surface area contributed by atoms with Gasteiger partial charge in [0.25, 0.3) is 0 Å². The molecule has 0 spiro atoms. The Morgan fingerprint density at radius 2 is 1.92 bits per heavy atom. The average molecular weight is 377 g/mol. The van der Waals surface area contributed by atoms with Crippen LogP contribution < -0.4 is 16.8 Å². The largest absolute Gasteiger partial charge is 0.398 e. The number of fused-ring (bicyclic) bond motifs is 1. The number of nitrogen functional groups attached to an aromatic ring is 1. The Morgan fingerprint density at radius 3 is 2.50 bits per heavy atom. The number of nitrogens with two attached hydrogens (primary N) is 2. The number of nitrogens with zero attached hydrogens (tertiary/aromatic N) is 2. The van der Waals surface area contributed by atoms with Gasteiger partial charge in [-0.2, -0.15) is 0 Å². The lowest BCUT2D eigenvalue weighted by Gasteiger charge is -2.13. The number of nitrogens with one attached hydrogen (secondary N) is 1. The summed E-state index contributed by atoms with van der Waals surface area (Å²) in [5, 5.41) is 3.72. The van der Waals surface area contributed by atoms with E-state index in [-0.39, 0.29) is 22.3 Å². The summed E-state index contributed by atoms with van der Waals surface area (Å²) in [5.41, 5.74) is 11.4. The van der Waals surface area contributed by atoms with Crippen LogP contribution in [0.1, 0.15) is 6.42 Å². The van der Waals surface area contributed by atoms with Crippen LogP contribution in [0.4, 0.5) is 11.5 Å². The van der Waals surface area contributed by atoms with E-state index in [0.717, 1.165) is 4.31 Å². The summed E-state index contributed by atoms with van der Waals surface area (Å²) in [7, 11) is -0.794. The van der Waals surface area contributed by atoms with Crippen molar-refractivity contribution >= 4 is 44.1 Å². The van der Waals surface area contributed by atoms with E-state index in [1.165, 1.54) is 32.4 Å². The van der Waals surface area contributed by atoms with Crippen LogP contribution in [0, 0.1) is 11.8 Å². The van der Waals surface area contributed by atoms with Crippen molar-refractivity contribution in [3.05, 3.63) is 24.4 Å². The smallest absolute Gasteiger partial charge is 0.242 e. The maximum Gasteiger partial charge on any atom is 0.242 e. The summed E-state index contributed by atoms with van der Waals surface area (Å²) in [4.78, 5) is 27.4. The molecule has 1 fully saturated rings. The third-order valence-corrected chi connectivity index (χ3v) is 6.16. The Balaban J connectivity index is 1.93. The van der Waals surface area contributed by atoms with Gasteiger partial charge >= 0.3 is 0 Å². The maximum atomic E-state index is 12.3. The topological polar surface area (TPSA) is 148 Å². The van der Waals surface area contributed by atoms with E-state index >= 15 is 0 Å². The summed E-state index contributed by atoms with van der Waals surface area (Å²) in [6, 6.07) is 4.39. The number of carbonyl (C=O) groups is 2. The predicted molar refractivity (Wildman–Crippen MR) is 96.4 cm³/mol. The van der Waals surface area contributed by atoms with Crippen molar-refractivity contribution in [1.29, 1.82) is 0 Å². The molecule has 9 nitrogen and oxygen atoms in total. The third-order valence-electron chi connectivity index (χ3n) is 4.36. The number of benzene rings is 1. The number of pyridine rings is 1. The summed E-state index contributed by atoms with van der Waals surface area (Å²) < 4.78 is 25.8. The first-order chi connectivity index (χ1) is 12.1. The first-order valence-corrected chi connectivity index (χ1v) is 9.27. The third kappa shape index (κ3) is 3.20. The van der Waals surface area contributed by atoms with E-state index in [4.69, 9.17) is 11.5 Å². The number of primary amides is 1. The standard InChI is InChI=1S/C16H19N5O4S/c1-21(2)26(24,25)9-3-8-4-14(19-7-12(8)13(17)5-9)20-16(23)11-6-10(11)15(18)22/h3-5,7,10-11H,6,17H2,1-2H3,(H2,18,22)(H,19,20,23)/t10-,11-/m0/s1. The molecular weight excluding hydrogens is 358 g/mol. The number of hydrogen-bond donors (Lipinski definition) is 3. The van der Waals surface area contributed by atoms with Crippen molar-refractivity contribution in [2.45, 2.75) is 11.3 Å². The van der Waals surface area contributed by atoms with Crippen LogP contribution in [0.15, 0.2) is 29.3 Å². The lowest BCUT2D eigenvalue weighted by atomic mass is 10.1. The van der Waals surface area contributed by atoms with Gasteiger partial charge < -0.3 is 16.8 Å². The molecule has 2 aromatic rings. The summed E-state index contributed by atoms with van der Waals surface area (Å²) in [6.45, 7) is 0. The van der Waals surface area contributed by atoms with Crippen molar-refractivity contribution in [2.75, 3.05) is 25.1 Å². The summed E-state index contributed by atoms with van der Waals surface area (Å²) >= 11 is 0. The Kier molecular flexibility index (Phi) is 4.32. The molecule has 1 aromatic heterocycles. The quantitative estimate of drug-likeness (QED) is 0.631. The molecule has 0 saturated heterocycles. The van der Waals surface area contributed by atoms with Crippen LogP contribution >= 0.6 is 0 Å². The van der Waals surface area contributed by atoms with Gasteiger partial charge in [0.2, 0.25) is 21.8 Å². The van der Waals surface area contributed by atoms with Gasteiger partial charge in [-0.3, -0.25) is 9.59 Å². The van der Waals surface area contributed by atoms with E-state index in [0.29, 0.717) is 17.2 Å². The number of hydrogen-bond acceptors (Lipinski definition) is 6. The Morgan fingerprint density at radius 1 is 1.23 bits per heavy atom. The van der Waals surface area contributed by atoms with E-state index < -0.39 is 27.8 Å². The first-order valence-electron chi connectivity index (χ1n) is 7.83. The number of aromatic nitrogens is 1. The van der Waals surface area contributed by atoms with Crippen molar-refractivity contribution in [2.24, 2.45) is 17.6 Å². The van der Waals surface area contributed by atoms with Gasteiger partial charge in [0.1, 0.15) is 5.82 Å². The van der Waals surface area contributed by atoms with Crippen molar-refractivity contribution in [3.63, 3.8) is 0 Å². The SMILES string of the molecule is CN(C)S(=O)(=O)c1cc(N)c2cnc(NC(=O)[C@H]3C[C@@H]3C(N)=O)cc2c1. The minimum Gasteiger partial charge on any atom is -0.398 e. The van der Waals surface area contributed by atoms with Gasteiger partial charge in [0, 0.05) is 31.4 Å². The molecule has 0 radical (unpaired) electrons. The molecule has 2 amide bonds. The lowest BCUT2D eigenvalue weighted by molar-refractivity contribution is -0.123. The normalized spacial score (nSPS) is 19.5. The molecule has 138 valence electrons. The molecule has 3 rings (SSSR count). The van der Waals surface area contributed by atoms with Crippen LogP contribution in [0.5, 0.6) is 0 Å². The van der Waals surface area contributed by atoms with Crippen LogP contribution in [0.2, 0.25) is 0 Å². The summed E-state index contributed by atoms with van der Waals surface area (Å²) in [5.74, 6) is -1.48. The number of sulfonamides is 1. The molecule has 2 atom stereocenters. The van der Waals surface area contributed by atoms with Gasteiger partial charge in [0.05, 0.1) is 16.7 Å². The molecule has 1 saturated carbocycles. The molecule has 1 aliphatic rings. The van der Waals surface area contributed by atoms with Crippen LogP contribution in [0.3, 0.4) is 0 Å². The van der Waals surface area contributed by atoms with Gasteiger partial charge in [-0.05, 0) is 30.0 Å². The van der Waals surface area contributed by atoms with Crippen molar-refractivity contribution in [1.82, 2.24) is 9.29 Å². The maximum absolute atomic E-state index is 12.3. The zero-order valence-electron chi connectivity index (χ0n) is 14.3. The fraction of sp³-hybridized carbons (Fsp3) is 0.312. The first kappa shape index (κ1) is 18.1. The fourth-order valence-corrected chi connectivity index (χ4v) is 3.68. The van der Waals surface area contributed by atoms with E-state index in [9.17, 15) is 18.0 Å². The van der Waals surface area contributed by atoms with Crippen LogP contribution in [-0.2, 0) is 19.6 Å². The Labute approximate surface area is 150 Å². The molecule has 5 N–H and O–H groups in total.